The summed E-state index contributed by atoms with van der Waals surface area (Å²) in [5.41, 5.74) is 0.851. The van der Waals surface area contributed by atoms with E-state index in [0.29, 0.717) is 32.4 Å². The lowest BCUT2D eigenvalue weighted by Crippen LogP contribution is -2.49. The van der Waals surface area contributed by atoms with Crippen molar-refractivity contribution in [2.75, 3.05) is 13.1 Å². The van der Waals surface area contributed by atoms with Crippen LogP contribution in [-0.2, 0) is 20.7 Å². The van der Waals surface area contributed by atoms with Crippen molar-refractivity contribution in [2.45, 2.75) is 44.1 Å². The first-order valence-corrected chi connectivity index (χ1v) is 10.4. The fraction of sp³-hybridized carbons (Fsp3) is 0.529. The zero-order valence-corrected chi connectivity index (χ0v) is 15.3. The molecular formula is C17H23N2O6P. The molecule has 142 valence electrons. The van der Waals surface area contributed by atoms with Crippen LogP contribution < -0.4 is 0 Å². The third kappa shape index (κ3) is 4.09. The normalized spacial score (nSPS) is 23.3. The number of rotatable bonds is 4. The summed E-state index contributed by atoms with van der Waals surface area (Å²) in [6.45, 7) is 0.822. The van der Waals surface area contributed by atoms with Gasteiger partial charge in [-0.15, -0.1) is 0 Å². The van der Waals surface area contributed by atoms with Crippen LogP contribution in [0.2, 0.25) is 0 Å². The van der Waals surface area contributed by atoms with Crippen LogP contribution in [0.3, 0.4) is 0 Å². The molecule has 2 saturated heterocycles. The minimum Gasteiger partial charge on any atom is -0.445 e. The smallest absolute Gasteiger partial charge is 0.410 e. The molecule has 2 fully saturated rings. The monoisotopic (exact) mass is 382 g/mol. The third-order valence-electron chi connectivity index (χ3n) is 4.87. The van der Waals surface area contributed by atoms with E-state index in [1.54, 1.807) is 0 Å². The van der Waals surface area contributed by atoms with Crippen LogP contribution >= 0.6 is 7.60 Å². The molecule has 0 saturated carbocycles. The number of hydrogen-bond acceptors (Lipinski definition) is 4. The number of likely N-dealkylation sites (tertiary alicyclic amines) is 2. The van der Waals surface area contributed by atoms with Gasteiger partial charge in [-0.2, -0.15) is 0 Å². The summed E-state index contributed by atoms with van der Waals surface area (Å²) in [7, 11) is -4.39. The van der Waals surface area contributed by atoms with Crippen LogP contribution in [0.25, 0.3) is 0 Å². The maximum absolute atomic E-state index is 12.8. The summed E-state index contributed by atoms with van der Waals surface area (Å²) in [6, 6.07) is 8.53. The van der Waals surface area contributed by atoms with Crippen LogP contribution in [-0.4, -0.2) is 56.5 Å². The van der Waals surface area contributed by atoms with Crippen LogP contribution in [0, 0.1) is 0 Å². The summed E-state index contributed by atoms with van der Waals surface area (Å²) >= 11 is 0. The van der Waals surface area contributed by atoms with Gasteiger partial charge in [0.25, 0.3) is 0 Å². The highest BCUT2D eigenvalue weighted by molar-refractivity contribution is 7.52. The Labute approximate surface area is 151 Å². The van der Waals surface area contributed by atoms with Gasteiger partial charge in [-0.05, 0) is 31.2 Å². The Morgan fingerprint density at radius 3 is 2.42 bits per heavy atom. The molecule has 3 rings (SSSR count). The van der Waals surface area contributed by atoms with Crippen molar-refractivity contribution in [3.8, 4) is 0 Å². The molecule has 0 spiro atoms. The zero-order chi connectivity index (χ0) is 18.7. The largest absolute Gasteiger partial charge is 0.445 e. The SMILES string of the molecule is O=C([C@@H]1CCCN1C(=O)OCc1ccccc1)N1CCC[C@H]1P(=O)(O)O. The standard InChI is InChI=1S/C17H23N2O6P/c20-16(19-11-5-9-15(19)26(22,23)24)14-8-4-10-18(14)17(21)25-12-13-6-2-1-3-7-13/h1-3,6-7,14-15H,4-5,8-12H2,(H2,22,23,24)/t14-,15+/m0/s1. The second-order valence-corrected chi connectivity index (χ2v) is 8.41. The third-order valence-corrected chi connectivity index (χ3v) is 6.18. The van der Waals surface area contributed by atoms with E-state index in [-0.39, 0.29) is 13.0 Å². The molecule has 2 atom stereocenters. The summed E-state index contributed by atoms with van der Waals surface area (Å²) in [4.78, 5) is 46.8. The lowest BCUT2D eigenvalue weighted by molar-refractivity contribution is -0.135. The van der Waals surface area contributed by atoms with Gasteiger partial charge >= 0.3 is 13.7 Å². The molecule has 2 heterocycles. The van der Waals surface area contributed by atoms with Gasteiger partial charge in [0.2, 0.25) is 5.91 Å². The predicted octanol–water partition coefficient (Wildman–Crippen LogP) is 1.91. The molecule has 0 bridgehead atoms. The number of ether oxygens (including phenoxy) is 1. The van der Waals surface area contributed by atoms with E-state index in [9.17, 15) is 23.9 Å². The number of carbonyl (C=O) groups excluding carboxylic acids is 2. The van der Waals surface area contributed by atoms with E-state index in [0.717, 1.165) is 5.56 Å². The maximum atomic E-state index is 12.8. The lowest BCUT2D eigenvalue weighted by Gasteiger charge is -2.31. The van der Waals surface area contributed by atoms with Crippen molar-refractivity contribution in [3.63, 3.8) is 0 Å². The van der Waals surface area contributed by atoms with E-state index in [2.05, 4.69) is 0 Å². The topological polar surface area (TPSA) is 107 Å². The van der Waals surface area contributed by atoms with Gasteiger partial charge in [0.1, 0.15) is 18.4 Å². The van der Waals surface area contributed by atoms with Gasteiger partial charge in [-0.1, -0.05) is 30.3 Å². The Kier molecular flexibility index (Phi) is 5.65. The summed E-state index contributed by atoms with van der Waals surface area (Å²) < 4.78 is 16.9. The van der Waals surface area contributed by atoms with Gasteiger partial charge in [0, 0.05) is 13.1 Å². The van der Waals surface area contributed by atoms with E-state index in [1.807, 2.05) is 30.3 Å². The highest BCUT2D eigenvalue weighted by atomic mass is 31.2. The first kappa shape index (κ1) is 18.9. The molecule has 0 radical (unpaired) electrons. The maximum Gasteiger partial charge on any atom is 0.410 e. The number of nitrogens with zero attached hydrogens (tertiary/aromatic N) is 2. The first-order valence-electron chi connectivity index (χ1n) is 8.71. The highest BCUT2D eigenvalue weighted by Gasteiger charge is 2.45. The minimum atomic E-state index is -4.39. The minimum absolute atomic E-state index is 0.117. The lowest BCUT2D eigenvalue weighted by atomic mass is 10.2. The second kappa shape index (κ2) is 7.78. The van der Waals surface area contributed by atoms with Crippen LogP contribution in [0.4, 0.5) is 4.79 Å². The molecule has 1 aromatic rings. The van der Waals surface area contributed by atoms with Gasteiger partial charge in [0.15, 0.2) is 0 Å². The molecule has 2 amide bonds. The van der Waals surface area contributed by atoms with Gasteiger partial charge in [-0.3, -0.25) is 14.3 Å². The van der Waals surface area contributed by atoms with E-state index >= 15 is 0 Å². The molecule has 0 aromatic heterocycles. The molecule has 2 aliphatic heterocycles. The first-order chi connectivity index (χ1) is 12.4. The average Bonchev–Trinajstić information content (AvgIpc) is 3.28. The zero-order valence-electron chi connectivity index (χ0n) is 14.4. The summed E-state index contributed by atoms with van der Waals surface area (Å²) in [5, 5.41) is 0. The van der Waals surface area contributed by atoms with Crippen molar-refractivity contribution in [2.24, 2.45) is 0 Å². The Bertz CT molecular complexity index is 706. The Morgan fingerprint density at radius 2 is 1.73 bits per heavy atom. The van der Waals surface area contributed by atoms with Crippen molar-refractivity contribution in [1.29, 1.82) is 0 Å². The van der Waals surface area contributed by atoms with Gasteiger partial charge < -0.3 is 19.4 Å². The number of carbonyl (C=O) groups is 2. The fourth-order valence-corrected chi connectivity index (χ4v) is 4.70. The second-order valence-electron chi connectivity index (χ2n) is 6.64. The van der Waals surface area contributed by atoms with Gasteiger partial charge in [0.05, 0.1) is 0 Å². The van der Waals surface area contributed by atoms with Crippen LogP contribution in [0.1, 0.15) is 31.2 Å². The number of amides is 2. The Hall–Kier alpha value is -1.89. The summed E-state index contributed by atoms with van der Waals surface area (Å²) in [5.74, 6) is -1.48. The Balaban J connectivity index is 1.64. The predicted molar refractivity (Wildman–Crippen MR) is 93.1 cm³/mol. The highest BCUT2D eigenvalue weighted by Crippen LogP contribution is 2.48. The van der Waals surface area contributed by atoms with Crippen molar-refractivity contribution in [3.05, 3.63) is 35.9 Å². The van der Waals surface area contributed by atoms with Crippen LogP contribution in [0.5, 0.6) is 0 Å². The quantitative estimate of drug-likeness (QED) is 0.771. The molecule has 1 aromatic carbocycles. The van der Waals surface area contributed by atoms with E-state index in [1.165, 1.54) is 9.80 Å². The molecular weight excluding hydrogens is 359 g/mol. The summed E-state index contributed by atoms with van der Waals surface area (Å²) in [6.07, 6.45) is 1.39. The molecule has 0 aliphatic carbocycles. The fourth-order valence-electron chi connectivity index (χ4n) is 3.59. The number of hydrogen-bond donors (Lipinski definition) is 2. The molecule has 0 unspecified atom stereocenters. The van der Waals surface area contributed by atoms with Crippen molar-refractivity contribution < 1.29 is 28.7 Å². The van der Waals surface area contributed by atoms with Crippen molar-refractivity contribution in [1.82, 2.24) is 9.80 Å². The molecule has 2 N–H and O–H groups in total. The van der Waals surface area contributed by atoms with E-state index in [4.69, 9.17) is 4.74 Å². The molecule has 2 aliphatic rings. The van der Waals surface area contributed by atoms with Gasteiger partial charge in [-0.25, -0.2) is 4.79 Å². The Morgan fingerprint density at radius 1 is 1.08 bits per heavy atom. The molecule has 26 heavy (non-hydrogen) atoms. The average molecular weight is 382 g/mol. The molecule has 9 heteroatoms. The van der Waals surface area contributed by atoms with Crippen molar-refractivity contribution >= 4 is 19.6 Å². The molecule has 8 nitrogen and oxygen atoms in total. The van der Waals surface area contributed by atoms with Crippen LogP contribution in [0.15, 0.2) is 30.3 Å². The number of benzene rings is 1. The van der Waals surface area contributed by atoms with E-state index < -0.39 is 31.4 Å².